The van der Waals surface area contributed by atoms with Gasteiger partial charge in [-0.3, -0.25) is 14.4 Å². The van der Waals surface area contributed by atoms with Gasteiger partial charge in [-0.05, 0) is 19.1 Å². The number of aliphatic imine (C=N–C) groups is 1. The summed E-state index contributed by atoms with van der Waals surface area (Å²) in [6.45, 7) is 2.44. The molecule has 0 bridgehead atoms. The van der Waals surface area contributed by atoms with E-state index in [9.17, 15) is 14.4 Å². The lowest BCUT2D eigenvalue weighted by Gasteiger charge is -2.31. The summed E-state index contributed by atoms with van der Waals surface area (Å²) >= 11 is 11.1. The highest BCUT2D eigenvalue weighted by atomic mass is 32.2. The summed E-state index contributed by atoms with van der Waals surface area (Å²) in [4.78, 5) is 48.3. The summed E-state index contributed by atoms with van der Waals surface area (Å²) in [5.74, 6) is -0.605. The molecule has 3 aromatic carbocycles. The molecule has 0 aliphatic carbocycles. The van der Waals surface area contributed by atoms with Crippen LogP contribution >= 0.6 is 59.3 Å². The molecule has 0 amide bonds. The highest BCUT2D eigenvalue weighted by Gasteiger charge is 2.43. The first-order valence-corrected chi connectivity index (χ1v) is 16.3. The lowest BCUT2D eigenvalue weighted by molar-refractivity contribution is -0.110. The summed E-state index contributed by atoms with van der Waals surface area (Å²) in [5, 5.41) is 0.394. The number of hydrogen-bond acceptors (Lipinski definition) is 10. The molecule has 0 fully saturated rings. The molecule has 3 aliphatic heterocycles. The number of carbonyl (C=O) groups excluding carboxylic acids is 3. The lowest BCUT2D eigenvalue weighted by Crippen LogP contribution is -2.32. The average molecular weight is 629 g/mol. The monoisotopic (exact) mass is 628 g/mol. The quantitative estimate of drug-likeness (QED) is 0.153. The van der Waals surface area contributed by atoms with E-state index in [-0.39, 0.29) is 17.3 Å². The molecular formula is C31H20N2O3S5. The molecule has 0 spiro atoms. The topological polar surface area (TPSA) is 66.8 Å². The Morgan fingerprint density at radius 2 is 1.20 bits per heavy atom. The molecule has 3 heterocycles. The standard InChI is InChI=1S/C31H20N2O3S5/c1-2-33-21-25(36)28(32-20-16-10-5-11-17-20)40-30(21)41-29(37)22(33)31-38-26(23(34)18-12-6-3-7-13-18)27(39-31)24(35)19-14-8-4-9-15-19/h3-17H,2H2,1H3. The van der Waals surface area contributed by atoms with E-state index in [2.05, 4.69) is 4.99 Å². The maximum atomic E-state index is 13.7. The van der Waals surface area contributed by atoms with Crippen molar-refractivity contribution in [2.75, 3.05) is 6.54 Å². The van der Waals surface area contributed by atoms with Gasteiger partial charge in [-0.15, -0.1) is 0 Å². The third-order valence-corrected chi connectivity index (χ3v) is 11.4. The summed E-state index contributed by atoms with van der Waals surface area (Å²) in [6.07, 6.45) is 0. The zero-order chi connectivity index (χ0) is 28.5. The van der Waals surface area contributed by atoms with Crippen LogP contribution < -0.4 is 0 Å². The van der Waals surface area contributed by atoms with Crippen molar-refractivity contribution in [3.63, 3.8) is 0 Å². The van der Waals surface area contributed by atoms with E-state index in [1.807, 2.05) is 54.3 Å². The van der Waals surface area contributed by atoms with E-state index in [4.69, 9.17) is 12.2 Å². The zero-order valence-corrected chi connectivity index (χ0v) is 25.6. The van der Waals surface area contributed by atoms with E-state index in [1.54, 1.807) is 48.5 Å². The Bertz CT molecular complexity index is 1660. The van der Waals surface area contributed by atoms with Crippen LogP contribution in [-0.4, -0.2) is 38.0 Å². The van der Waals surface area contributed by atoms with Crippen molar-refractivity contribution in [1.82, 2.24) is 4.90 Å². The lowest BCUT2D eigenvalue weighted by atomic mass is 10.1. The number of nitrogens with zero attached hydrogens (tertiary/aromatic N) is 2. The molecule has 0 aromatic heterocycles. The van der Waals surface area contributed by atoms with Gasteiger partial charge in [0.25, 0.3) is 0 Å². The van der Waals surface area contributed by atoms with Crippen molar-refractivity contribution < 1.29 is 14.4 Å². The van der Waals surface area contributed by atoms with E-state index in [0.29, 0.717) is 58.0 Å². The van der Waals surface area contributed by atoms with Gasteiger partial charge in [-0.1, -0.05) is 138 Å². The fourth-order valence-corrected chi connectivity index (χ4v) is 10.2. The first kappa shape index (κ1) is 28.0. The molecular weight excluding hydrogens is 609 g/mol. The molecule has 0 radical (unpaired) electrons. The van der Waals surface area contributed by atoms with Crippen LogP contribution in [0.15, 0.2) is 126 Å². The minimum atomic E-state index is -0.222. The number of ketones is 3. The fraction of sp³-hybridized carbons (Fsp3) is 0.0645. The normalized spacial score (nSPS) is 18.1. The molecule has 0 saturated heterocycles. The van der Waals surface area contributed by atoms with Crippen LogP contribution in [0.2, 0.25) is 0 Å². The SMILES string of the molecule is CCN1C2=C(SC(=S)C1=C1SC(C(=O)c3ccccc3)=C(C(=O)c3ccccc3)S1)SC(=Nc1ccccc1)C2=O. The Morgan fingerprint density at radius 3 is 1.71 bits per heavy atom. The summed E-state index contributed by atoms with van der Waals surface area (Å²) in [5.41, 5.74) is 2.92. The third-order valence-electron chi connectivity index (χ3n) is 6.29. The van der Waals surface area contributed by atoms with Crippen LogP contribution in [0.25, 0.3) is 0 Å². The van der Waals surface area contributed by atoms with Crippen LogP contribution in [0.4, 0.5) is 5.69 Å². The second kappa shape index (κ2) is 12.0. The molecule has 202 valence electrons. The number of carbonyl (C=O) groups is 3. The fourth-order valence-electron chi connectivity index (χ4n) is 4.37. The van der Waals surface area contributed by atoms with E-state index in [1.165, 1.54) is 47.0 Å². The van der Waals surface area contributed by atoms with Crippen molar-refractivity contribution in [2.45, 2.75) is 6.92 Å². The van der Waals surface area contributed by atoms with Crippen LogP contribution in [0.3, 0.4) is 0 Å². The molecule has 5 nitrogen and oxygen atoms in total. The molecule has 3 aromatic rings. The number of thioether (sulfide) groups is 4. The van der Waals surface area contributed by atoms with Crippen molar-refractivity contribution in [2.24, 2.45) is 4.99 Å². The van der Waals surface area contributed by atoms with E-state index < -0.39 is 0 Å². The van der Waals surface area contributed by atoms with Crippen molar-refractivity contribution in [1.29, 1.82) is 0 Å². The Hall–Kier alpha value is -3.15. The molecule has 10 heteroatoms. The minimum Gasteiger partial charge on any atom is -0.334 e. The Labute approximate surface area is 259 Å². The van der Waals surface area contributed by atoms with Gasteiger partial charge in [0.1, 0.15) is 9.89 Å². The van der Waals surface area contributed by atoms with Gasteiger partial charge >= 0.3 is 0 Å². The van der Waals surface area contributed by atoms with Gasteiger partial charge < -0.3 is 4.90 Å². The zero-order valence-electron chi connectivity index (χ0n) is 21.5. The molecule has 0 N–H and O–H groups in total. The van der Waals surface area contributed by atoms with Crippen molar-refractivity contribution in [3.8, 4) is 0 Å². The van der Waals surface area contributed by atoms with Crippen LogP contribution in [0.1, 0.15) is 27.6 Å². The second-order valence-corrected chi connectivity index (χ2v) is 14.1. The largest absolute Gasteiger partial charge is 0.334 e. The molecule has 6 rings (SSSR count). The third kappa shape index (κ3) is 5.42. The number of rotatable bonds is 6. The number of benzene rings is 3. The highest BCUT2D eigenvalue weighted by molar-refractivity contribution is 8.39. The Kier molecular flexibility index (Phi) is 8.19. The van der Waals surface area contributed by atoms with Crippen molar-refractivity contribution >= 4 is 91.5 Å². The summed E-state index contributed by atoms with van der Waals surface area (Å²) in [6, 6.07) is 27.3. The van der Waals surface area contributed by atoms with Crippen LogP contribution in [0, 0.1) is 0 Å². The molecule has 0 unspecified atom stereocenters. The first-order chi connectivity index (χ1) is 20.0. The summed E-state index contributed by atoms with van der Waals surface area (Å²) in [7, 11) is 0. The highest BCUT2D eigenvalue weighted by Crippen LogP contribution is 2.56. The van der Waals surface area contributed by atoms with E-state index in [0.717, 1.165) is 4.24 Å². The number of hydrogen-bond donors (Lipinski definition) is 0. The average Bonchev–Trinajstić information content (AvgIpc) is 3.58. The number of Topliss-reactive ketones (excluding diaryl/α,β-unsaturated/α-hetero) is 3. The smallest absolute Gasteiger partial charge is 0.236 e. The first-order valence-electron chi connectivity index (χ1n) is 12.6. The molecule has 0 saturated carbocycles. The predicted molar refractivity (Wildman–Crippen MR) is 177 cm³/mol. The Balaban J connectivity index is 1.40. The van der Waals surface area contributed by atoms with Gasteiger partial charge in [-0.2, -0.15) is 0 Å². The maximum Gasteiger partial charge on any atom is 0.236 e. The van der Waals surface area contributed by atoms with Gasteiger partial charge in [0.15, 0.2) is 5.04 Å². The van der Waals surface area contributed by atoms with Gasteiger partial charge in [0.05, 0.1) is 29.7 Å². The summed E-state index contributed by atoms with van der Waals surface area (Å²) < 4.78 is 2.09. The van der Waals surface area contributed by atoms with Crippen LogP contribution in [-0.2, 0) is 4.79 Å². The number of allylic oxidation sites excluding steroid dienone is 3. The maximum absolute atomic E-state index is 13.7. The van der Waals surface area contributed by atoms with E-state index >= 15 is 0 Å². The molecule has 0 atom stereocenters. The van der Waals surface area contributed by atoms with Crippen molar-refractivity contribution in [3.05, 3.63) is 132 Å². The minimum absolute atomic E-state index is 0.161. The number of para-hydroxylation sites is 1. The van der Waals surface area contributed by atoms with Gasteiger partial charge in [0.2, 0.25) is 17.3 Å². The second-order valence-electron chi connectivity index (χ2n) is 8.84. The molecule has 41 heavy (non-hydrogen) atoms. The number of likely N-dealkylation sites (N-methyl/N-ethyl adjacent to an activating group) is 1. The number of thiocarbonyl (C=S) groups is 1. The van der Waals surface area contributed by atoms with Gasteiger partial charge in [-0.25, -0.2) is 4.99 Å². The predicted octanol–water partition coefficient (Wildman–Crippen LogP) is 8.22. The Morgan fingerprint density at radius 1 is 0.707 bits per heavy atom. The van der Waals surface area contributed by atoms with Gasteiger partial charge in [0, 0.05) is 17.7 Å². The molecule has 3 aliphatic rings. The van der Waals surface area contributed by atoms with Crippen LogP contribution in [0.5, 0.6) is 0 Å².